The second kappa shape index (κ2) is 5.85. The molecule has 0 aliphatic heterocycles. The van der Waals surface area contributed by atoms with Crippen molar-refractivity contribution in [3.63, 3.8) is 0 Å². The van der Waals surface area contributed by atoms with Crippen LogP contribution in [-0.4, -0.2) is 22.7 Å². The van der Waals surface area contributed by atoms with Crippen LogP contribution in [0.25, 0.3) is 0 Å². The third kappa shape index (κ3) is 2.63. The summed E-state index contributed by atoms with van der Waals surface area (Å²) < 4.78 is 6.93. The van der Waals surface area contributed by atoms with Crippen LogP contribution in [0.3, 0.4) is 0 Å². The molecule has 0 aromatic carbocycles. The molecule has 1 aromatic heterocycles. The smallest absolute Gasteiger partial charge is 0.188 e. The highest BCUT2D eigenvalue weighted by atomic mass is 16.5. The zero-order valence-electron chi connectivity index (χ0n) is 11.1. The van der Waals surface area contributed by atoms with Gasteiger partial charge in [0.1, 0.15) is 5.69 Å². The first-order chi connectivity index (χ1) is 8.76. The second-order valence-electron chi connectivity index (χ2n) is 4.59. The Balaban J connectivity index is 2.17. The van der Waals surface area contributed by atoms with Gasteiger partial charge in [0, 0.05) is 13.0 Å². The van der Waals surface area contributed by atoms with Crippen molar-refractivity contribution in [1.29, 1.82) is 0 Å². The van der Waals surface area contributed by atoms with Gasteiger partial charge in [-0.05, 0) is 32.6 Å². The van der Waals surface area contributed by atoms with Crippen LogP contribution < -0.4 is 4.74 Å². The summed E-state index contributed by atoms with van der Waals surface area (Å²) in [4.78, 5) is 12.4. The normalized spacial score (nSPS) is 15.3. The summed E-state index contributed by atoms with van der Waals surface area (Å²) >= 11 is 0. The van der Waals surface area contributed by atoms with Gasteiger partial charge in [-0.1, -0.05) is 11.6 Å². The summed E-state index contributed by atoms with van der Waals surface area (Å²) in [6.45, 7) is 2.66. The molecule has 4 heteroatoms. The Kier molecular flexibility index (Phi) is 4.18. The molecule has 0 bridgehead atoms. The van der Waals surface area contributed by atoms with Gasteiger partial charge in [-0.25, -0.2) is 0 Å². The molecule has 0 radical (unpaired) electrons. The molecule has 0 spiro atoms. The fraction of sp³-hybridized carbons (Fsp3) is 0.571. The van der Waals surface area contributed by atoms with Gasteiger partial charge in [0.05, 0.1) is 13.3 Å². The molecule has 18 heavy (non-hydrogen) atoms. The zero-order valence-corrected chi connectivity index (χ0v) is 11.1. The van der Waals surface area contributed by atoms with Crippen LogP contribution in [0, 0.1) is 0 Å². The summed E-state index contributed by atoms with van der Waals surface area (Å²) in [7, 11) is 1.58. The number of carbonyl (C=O) groups excluding carboxylic acids is 1. The summed E-state index contributed by atoms with van der Waals surface area (Å²) in [6.07, 6.45) is 8.92. The molecule has 4 nitrogen and oxygen atoms in total. The van der Waals surface area contributed by atoms with Gasteiger partial charge in [-0.3, -0.25) is 9.48 Å². The van der Waals surface area contributed by atoms with Crippen molar-refractivity contribution in [2.75, 3.05) is 7.11 Å². The maximum absolute atomic E-state index is 12.4. The molecular weight excluding hydrogens is 228 g/mol. The van der Waals surface area contributed by atoms with E-state index >= 15 is 0 Å². The van der Waals surface area contributed by atoms with Crippen molar-refractivity contribution in [3.8, 4) is 5.75 Å². The van der Waals surface area contributed by atoms with E-state index < -0.39 is 0 Å². The second-order valence-corrected chi connectivity index (χ2v) is 4.59. The Bertz CT molecular complexity index is 439. The molecule has 1 aromatic rings. The number of hydrogen-bond acceptors (Lipinski definition) is 3. The number of allylic oxidation sites excluding steroid dienone is 2. The number of ether oxygens (including phenoxy) is 1. The molecule has 0 N–H and O–H groups in total. The van der Waals surface area contributed by atoms with Gasteiger partial charge in [0.25, 0.3) is 0 Å². The molecule has 0 atom stereocenters. The van der Waals surface area contributed by atoms with Gasteiger partial charge in [-0.2, -0.15) is 5.10 Å². The Morgan fingerprint density at radius 1 is 1.50 bits per heavy atom. The van der Waals surface area contributed by atoms with Gasteiger partial charge in [0.15, 0.2) is 11.5 Å². The van der Waals surface area contributed by atoms with E-state index in [-0.39, 0.29) is 5.78 Å². The number of Topliss-reactive ketones (excluding diaryl/α,β-unsaturated/α-hetero) is 1. The molecular formula is C14H20N2O2. The minimum atomic E-state index is 0.111. The van der Waals surface area contributed by atoms with Crippen LogP contribution in [0.1, 0.15) is 49.5 Å². The number of aromatic nitrogens is 2. The third-order valence-electron chi connectivity index (χ3n) is 3.36. The number of carbonyl (C=O) groups is 1. The zero-order chi connectivity index (χ0) is 13.0. The van der Waals surface area contributed by atoms with Crippen molar-refractivity contribution in [2.45, 2.75) is 45.6 Å². The monoisotopic (exact) mass is 248 g/mol. The Labute approximate surface area is 108 Å². The maximum atomic E-state index is 12.4. The van der Waals surface area contributed by atoms with Crippen LogP contribution >= 0.6 is 0 Å². The minimum absolute atomic E-state index is 0.111. The van der Waals surface area contributed by atoms with E-state index in [2.05, 4.69) is 11.2 Å². The SMILES string of the molecule is CCn1ncc(OC)c1C(=O)CC1=CCCCC1. The molecule has 1 aliphatic rings. The molecule has 0 saturated heterocycles. The summed E-state index contributed by atoms with van der Waals surface area (Å²) in [6, 6.07) is 0. The number of rotatable bonds is 5. The highest BCUT2D eigenvalue weighted by Gasteiger charge is 2.20. The number of hydrogen-bond donors (Lipinski definition) is 0. The van der Waals surface area contributed by atoms with E-state index in [9.17, 15) is 4.79 Å². The van der Waals surface area contributed by atoms with Gasteiger partial charge >= 0.3 is 0 Å². The van der Waals surface area contributed by atoms with E-state index in [1.807, 2.05) is 6.92 Å². The summed E-state index contributed by atoms with van der Waals surface area (Å²) in [5.41, 5.74) is 1.86. The lowest BCUT2D eigenvalue weighted by Gasteiger charge is -2.12. The fourth-order valence-electron chi connectivity index (χ4n) is 2.39. The Morgan fingerprint density at radius 2 is 2.33 bits per heavy atom. The molecule has 1 aliphatic carbocycles. The first kappa shape index (κ1) is 12.9. The van der Waals surface area contributed by atoms with Gasteiger partial charge < -0.3 is 4.74 Å². The van der Waals surface area contributed by atoms with Gasteiger partial charge in [-0.15, -0.1) is 0 Å². The van der Waals surface area contributed by atoms with E-state index in [0.29, 0.717) is 24.4 Å². The predicted octanol–water partition coefficient (Wildman–Crippen LogP) is 2.98. The lowest BCUT2D eigenvalue weighted by atomic mass is 9.95. The topological polar surface area (TPSA) is 44.1 Å². The summed E-state index contributed by atoms with van der Waals surface area (Å²) in [5.74, 6) is 0.692. The molecule has 0 amide bonds. The Hall–Kier alpha value is -1.58. The average molecular weight is 248 g/mol. The molecule has 0 unspecified atom stereocenters. The minimum Gasteiger partial charge on any atom is -0.493 e. The number of aryl methyl sites for hydroxylation is 1. The van der Waals surface area contributed by atoms with Crippen molar-refractivity contribution in [3.05, 3.63) is 23.5 Å². The average Bonchev–Trinajstić information content (AvgIpc) is 2.82. The first-order valence-electron chi connectivity index (χ1n) is 6.57. The van der Waals surface area contributed by atoms with Crippen LogP contribution in [-0.2, 0) is 6.54 Å². The quantitative estimate of drug-likeness (QED) is 0.594. The van der Waals surface area contributed by atoms with Crippen LogP contribution in [0.15, 0.2) is 17.8 Å². The molecule has 1 heterocycles. The van der Waals surface area contributed by atoms with E-state index in [4.69, 9.17) is 4.74 Å². The lowest BCUT2D eigenvalue weighted by molar-refractivity contribution is 0.0978. The third-order valence-corrected chi connectivity index (χ3v) is 3.36. The van der Waals surface area contributed by atoms with E-state index in [1.54, 1.807) is 18.0 Å². The van der Waals surface area contributed by atoms with E-state index in [1.165, 1.54) is 18.4 Å². The first-order valence-corrected chi connectivity index (χ1v) is 6.57. The largest absolute Gasteiger partial charge is 0.493 e. The maximum Gasteiger partial charge on any atom is 0.188 e. The number of nitrogens with zero attached hydrogens (tertiary/aromatic N) is 2. The standard InChI is InChI=1S/C14H20N2O2/c1-3-16-14(13(18-2)10-15-16)12(17)9-11-7-5-4-6-8-11/h7,10H,3-6,8-9H2,1-2H3. The van der Waals surface area contributed by atoms with Crippen LogP contribution in [0.4, 0.5) is 0 Å². The molecule has 98 valence electrons. The van der Waals surface area contributed by atoms with Crippen molar-refractivity contribution in [2.24, 2.45) is 0 Å². The molecule has 0 saturated carbocycles. The molecule has 2 rings (SSSR count). The van der Waals surface area contributed by atoms with Gasteiger partial charge in [0.2, 0.25) is 0 Å². The summed E-state index contributed by atoms with van der Waals surface area (Å²) in [5, 5.41) is 4.17. The van der Waals surface area contributed by atoms with Crippen molar-refractivity contribution >= 4 is 5.78 Å². The van der Waals surface area contributed by atoms with Crippen LogP contribution in [0.2, 0.25) is 0 Å². The number of ketones is 1. The predicted molar refractivity (Wildman–Crippen MR) is 70.0 cm³/mol. The molecule has 0 fully saturated rings. The highest BCUT2D eigenvalue weighted by Crippen LogP contribution is 2.25. The Morgan fingerprint density at radius 3 is 2.94 bits per heavy atom. The van der Waals surface area contributed by atoms with E-state index in [0.717, 1.165) is 12.8 Å². The fourth-order valence-corrected chi connectivity index (χ4v) is 2.39. The number of methoxy groups -OCH3 is 1. The highest BCUT2D eigenvalue weighted by molar-refractivity contribution is 5.98. The van der Waals surface area contributed by atoms with Crippen molar-refractivity contribution < 1.29 is 9.53 Å². The lowest BCUT2D eigenvalue weighted by Crippen LogP contribution is -2.12. The van der Waals surface area contributed by atoms with Crippen molar-refractivity contribution in [1.82, 2.24) is 9.78 Å². The van der Waals surface area contributed by atoms with Crippen LogP contribution in [0.5, 0.6) is 5.75 Å².